The number of nitrogens with zero attached hydrogens (tertiary/aromatic N) is 5. The maximum atomic E-state index is 15.3. The van der Waals surface area contributed by atoms with E-state index in [9.17, 15) is 33.9 Å². The SMILES string of the molecule is C=C/C=C(\C=C)CC(NC(=O)[C@H](CC1C2=C3CCC(=C1CC2)C3)N(C)C(=O)[C@@H](NC(=O)[C@H](C)N(C)C)[C@@H](C)O)C(=O)N(C)[C@@H](CC)C(=O)N[C@@H](CC(=O)N[C@H](CC(C)C)C(=O)N1CCCC1C(=O)NC(C)COC(C)(C)C)CN1CCCCCOO1. The van der Waals surface area contributed by atoms with Gasteiger partial charge in [-0.25, -0.2) is 4.89 Å². The van der Waals surface area contributed by atoms with Crippen molar-refractivity contribution in [2.75, 3.05) is 61.0 Å². The standard InChI is InChI=1S/C64H104N10O12/c1-16-23-43(17-2)33-51(68-60(80)54(36-49-47-27-28-48(49)45-26-25-44(47)34-45)72(15)63(83)56(42(8)75)69-57(77)41(7)70(12)13)61(81)71(14)52(18-3)58(78)66-46(37-73-29-20-19-21-31-85-86-73)35-55(76)67-50(32-39(4)5)62(82)74-30-22-24-53(74)59(79)65-40(6)38-84-64(9,10)11/h16-17,23,39-42,46,49-54,56,75H,1-2,18-22,24-38H2,3-15H3,(H,65,79)(H,66,78)(H,67,76)(H,68,80)(H,69,77)/b43-23+/t40?,41-,42+,46-,50+,51?,52-,53?,54-,56-/m0/s1. The number of aliphatic hydroxyl groups is 1. The maximum absolute atomic E-state index is 15.3. The Labute approximate surface area is 511 Å². The minimum atomic E-state index is -1.40. The molecule has 482 valence electrons. The summed E-state index contributed by atoms with van der Waals surface area (Å²) in [5, 5.41) is 27.3. The number of fused-ring (bicyclic) bond motifs is 4. The summed E-state index contributed by atoms with van der Waals surface area (Å²) in [5.74, 6) is -4.39. The van der Waals surface area contributed by atoms with Crippen LogP contribution in [0.3, 0.4) is 0 Å². The summed E-state index contributed by atoms with van der Waals surface area (Å²) in [6.07, 6.45) is 11.7. The topological polar surface area (TPSA) is 261 Å². The summed E-state index contributed by atoms with van der Waals surface area (Å²) in [6.45, 7) is 25.5. The Bertz CT molecular complexity index is 2480. The molecule has 0 aromatic heterocycles. The number of aliphatic hydroxyl groups excluding tert-OH is 1. The quantitative estimate of drug-likeness (QED) is 0.0313. The lowest BCUT2D eigenvalue weighted by molar-refractivity contribution is -0.430. The molecule has 22 nitrogen and oxygen atoms in total. The van der Waals surface area contributed by atoms with Gasteiger partial charge in [0.25, 0.3) is 0 Å². The first-order valence-electron chi connectivity index (χ1n) is 31.3. The zero-order valence-corrected chi connectivity index (χ0v) is 53.9. The van der Waals surface area contributed by atoms with Crippen LogP contribution in [0.2, 0.25) is 0 Å². The highest BCUT2D eigenvalue weighted by atomic mass is 17.3. The third-order valence-corrected chi connectivity index (χ3v) is 17.3. The molecule has 3 aliphatic carbocycles. The number of likely N-dealkylation sites (tertiary alicyclic amines) is 1. The molecule has 0 radical (unpaired) electrons. The van der Waals surface area contributed by atoms with Crippen molar-refractivity contribution < 1.29 is 58.1 Å². The minimum absolute atomic E-state index is 0.00502. The van der Waals surface area contributed by atoms with Gasteiger partial charge in [-0.1, -0.05) is 74.4 Å². The molecule has 4 bridgehead atoms. The van der Waals surface area contributed by atoms with E-state index in [0.29, 0.717) is 44.7 Å². The second-order valence-corrected chi connectivity index (χ2v) is 25.9. The zero-order valence-electron chi connectivity index (χ0n) is 53.9. The van der Waals surface area contributed by atoms with Crippen molar-refractivity contribution in [2.45, 2.75) is 225 Å². The van der Waals surface area contributed by atoms with Crippen molar-refractivity contribution in [1.82, 2.24) is 51.2 Å². The summed E-state index contributed by atoms with van der Waals surface area (Å²) in [6, 6.07) is -8.63. The smallest absolute Gasteiger partial charge is 0.248 e. The Morgan fingerprint density at radius 1 is 0.767 bits per heavy atom. The van der Waals surface area contributed by atoms with Crippen LogP contribution < -0.4 is 26.6 Å². The fourth-order valence-electron chi connectivity index (χ4n) is 12.3. The van der Waals surface area contributed by atoms with Gasteiger partial charge in [0.15, 0.2) is 0 Å². The van der Waals surface area contributed by atoms with E-state index in [-0.39, 0.29) is 68.3 Å². The number of hydroxylamine groups is 2. The van der Waals surface area contributed by atoms with Crippen LogP contribution in [-0.2, 0) is 53.0 Å². The molecule has 5 rings (SSSR count). The molecule has 5 aliphatic rings. The highest BCUT2D eigenvalue weighted by Gasteiger charge is 2.45. The molecule has 3 unspecified atom stereocenters. The molecule has 0 aromatic rings. The molecule has 6 N–H and O–H groups in total. The van der Waals surface area contributed by atoms with E-state index in [4.69, 9.17) is 14.6 Å². The van der Waals surface area contributed by atoms with Gasteiger partial charge in [0, 0.05) is 58.5 Å². The summed E-state index contributed by atoms with van der Waals surface area (Å²) < 4.78 is 5.88. The molecule has 4 fully saturated rings. The first-order valence-corrected chi connectivity index (χ1v) is 31.3. The number of hydrogen-bond donors (Lipinski definition) is 6. The molecule has 0 spiro atoms. The third-order valence-electron chi connectivity index (χ3n) is 17.3. The van der Waals surface area contributed by atoms with E-state index < -0.39 is 95.5 Å². The molecule has 86 heavy (non-hydrogen) atoms. The third kappa shape index (κ3) is 19.9. The molecule has 0 aromatic carbocycles. The largest absolute Gasteiger partial charge is 0.391 e. The second-order valence-electron chi connectivity index (χ2n) is 25.9. The molecule has 2 heterocycles. The number of allylic oxidation sites excluding steroid dienone is 7. The first-order chi connectivity index (χ1) is 40.6. The minimum Gasteiger partial charge on any atom is -0.391 e. The number of hydrogen-bond acceptors (Lipinski definition) is 14. The number of rotatable bonds is 31. The summed E-state index contributed by atoms with van der Waals surface area (Å²) in [7, 11) is 6.39. The first kappa shape index (κ1) is 71.0. The van der Waals surface area contributed by atoms with Crippen LogP contribution in [0.1, 0.15) is 159 Å². The highest BCUT2D eigenvalue weighted by Crippen LogP contribution is 2.53. The molecule has 2 saturated heterocycles. The van der Waals surface area contributed by atoms with E-state index in [2.05, 4.69) is 39.7 Å². The monoisotopic (exact) mass is 1200 g/mol. The van der Waals surface area contributed by atoms with Crippen molar-refractivity contribution in [3.05, 3.63) is 59.3 Å². The molecular formula is C64H104N10O12. The molecule has 10 atom stereocenters. The van der Waals surface area contributed by atoms with Crippen LogP contribution in [0, 0.1) is 11.8 Å². The lowest BCUT2D eigenvalue weighted by atomic mass is 9.83. The fourth-order valence-corrected chi connectivity index (χ4v) is 12.3. The normalized spacial score (nSPS) is 20.8. The molecule has 2 saturated carbocycles. The average molecular weight is 1210 g/mol. The van der Waals surface area contributed by atoms with E-state index >= 15 is 9.59 Å². The van der Waals surface area contributed by atoms with Gasteiger partial charge in [-0.3, -0.25) is 43.3 Å². The number of carbonyl (C=O) groups is 8. The number of nitrogens with one attached hydrogen (secondary N) is 5. The molecular weight excluding hydrogens is 1100 g/mol. The fraction of sp³-hybridized carbons (Fsp3) is 0.719. The van der Waals surface area contributed by atoms with Gasteiger partial charge in [0.2, 0.25) is 47.3 Å². The number of ether oxygens (including phenoxy) is 1. The Balaban J connectivity index is 1.41. The molecule has 8 amide bonds. The van der Waals surface area contributed by atoms with Gasteiger partial charge >= 0.3 is 0 Å². The Hall–Kier alpha value is -5.78. The summed E-state index contributed by atoms with van der Waals surface area (Å²) in [4.78, 5) is 133. The van der Waals surface area contributed by atoms with Crippen molar-refractivity contribution in [3.8, 4) is 0 Å². The van der Waals surface area contributed by atoms with Gasteiger partial charge in [-0.05, 0) is 151 Å². The van der Waals surface area contributed by atoms with Gasteiger partial charge in [-0.15, -0.1) is 4.99 Å². The van der Waals surface area contributed by atoms with Crippen LogP contribution in [0.15, 0.2) is 59.3 Å². The van der Waals surface area contributed by atoms with Crippen LogP contribution in [0.5, 0.6) is 0 Å². The number of amides is 8. The van der Waals surface area contributed by atoms with Gasteiger partial charge in [0.1, 0.15) is 36.3 Å². The van der Waals surface area contributed by atoms with E-state index in [1.807, 2.05) is 41.5 Å². The van der Waals surface area contributed by atoms with Crippen LogP contribution in [0.4, 0.5) is 0 Å². The van der Waals surface area contributed by atoms with Gasteiger partial charge < -0.3 is 51.1 Å². The van der Waals surface area contributed by atoms with Crippen LogP contribution in [0.25, 0.3) is 0 Å². The van der Waals surface area contributed by atoms with Crippen molar-refractivity contribution in [2.24, 2.45) is 11.8 Å². The summed E-state index contributed by atoms with van der Waals surface area (Å²) >= 11 is 0. The Kier molecular flexibility index (Phi) is 27.2. The average Bonchev–Trinajstić information content (AvgIpc) is 1.72. The van der Waals surface area contributed by atoms with Gasteiger partial charge in [-0.2, -0.15) is 5.06 Å². The Morgan fingerprint density at radius 2 is 1.42 bits per heavy atom. The van der Waals surface area contributed by atoms with E-state index in [1.54, 1.807) is 49.9 Å². The van der Waals surface area contributed by atoms with E-state index in [1.165, 1.54) is 64.3 Å². The lowest BCUT2D eigenvalue weighted by Gasteiger charge is -2.36. The van der Waals surface area contributed by atoms with Crippen molar-refractivity contribution in [3.63, 3.8) is 0 Å². The van der Waals surface area contributed by atoms with Crippen LogP contribution >= 0.6 is 0 Å². The summed E-state index contributed by atoms with van der Waals surface area (Å²) in [5.41, 5.74) is 5.45. The number of carbonyl (C=O) groups excluding carboxylic acids is 8. The Morgan fingerprint density at radius 3 is 2.01 bits per heavy atom. The van der Waals surface area contributed by atoms with Crippen molar-refractivity contribution >= 4 is 47.3 Å². The van der Waals surface area contributed by atoms with Gasteiger partial charge in [0.05, 0.1) is 37.0 Å². The van der Waals surface area contributed by atoms with E-state index in [0.717, 1.165) is 51.4 Å². The predicted molar refractivity (Wildman–Crippen MR) is 329 cm³/mol. The maximum Gasteiger partial charge on any atom is 0.248 e. The van der Waals surface area contributed by atoms with Crippen molar-refractivity contribution in [1.29, 1.82) is 0 Å². The highest BCUT2D eigenvalue weighted by molar-refractivity contribution is 5.97. The molecule has 2 aliphatic heterocycles. The van der Waals surface area contributed by atoms with Crippen LogP contribution in [-0.4, -0.2) is 204 Å². The molecule has 22 heteroatoms. The predicted octanol–water partition coefficient (Wildman–Crippen LogP) is 4.70. The zero-order chi connectivity index (χ0) is 63.7. The number of likely N-dealkylation sites (N-methyl/N-ethyl adjacent to an activating group) is 3. The second kappa shape index (κ2) is 33.0. The lowest BCUT2D eigenvalue weighted by Crippen LogP contribution is -2.61.